The van der Waals surface area contributed by atoms with Crippen LogP contribution in [0.5, 0.6) is 0 Å². The summed E-state index contributed by atoms with van der Waals surface area (Å²) in [4.78, 5) is 22.5. The van der Waals surface area contributed by atoms with Gasteiger partial charge in [-0.25, -0.2) is 4.98 Å². The number of thiazole rings is 1. The van der Waals surface area contributed by atoms with Gasteiger partial charge < -0.3 is 4.90 Å². The van der Waals surface area contributed by atoms with Crippen LogP contribution in [-0.4, -0.2) is 46.9 Å². The predicted molar refractivity (Wildman–Crippen MR) is 99.9 cm³/mol. The molecule has 1 saturated heterocycles. The first-order chi connectivity index (χ1) is 11.7. The number of amides is 1. The lowest BCUT2D eigenvalue weighted by Crippen LogP contribution is -2.48. The number of para-hydroxylation sites is 1. The van der Waals surface area contributed by atoms with Crippen molar-refractivity contribution < 1.29 is 4.79 Å². The molecular weight excluding hydrogens is 338 g/mol. The molecule has 24 heavy (non-hydrogen) atoms. The van der Waals surface area contributed by atoms with Gasteiger partial charge in [0.05, 0.1) is 21.6 Å². The van der Waals surface area contributed by atoms with Crippen LogP contribution in [0.2, 0.25) is 0 Å². The van der Waals surface area contributed by atoms with Crippen molar-refractivity contribution in [2.45, 2.75) is 13.5 Å². The van der Waals surface area contributed by atoms with Crippen molar-refractivity contribution in [1.29, 1.82) is 0 Å². The molecule has 1 amide bonds. The Labute approximate surface area is 149 Å². The van der Waals surface area contributed by atoms with Gasteiger partial charge in [0.25, 0.3) is 5.91 Å². The van der Waals surface area contributed by atoms with Crippen LogP contribution in [0.3, 0.4) is 0 Å². The number of nitrogens with zero attached hydrogens (tertiary/aromatic N) is 3. The summed E-state index contributed by atoms with van der Waals surface area (Å²) >= 11 is 3.31. The van der Waals surface area contributed by atoms with Crippen LogP contribution in [0, 0.1) is 6.92 Å². The molecule has 2 aromatic heterocycles. The number of aromatic nitrogens is 1. The Balaban J connectivity index is 1.37. The normalized spacial score (nSPS) is 16.0. The molecule has 0 atom stereocenters. The van der Waals surface area contributed by atoms with Crippen LogP contribution in [-0.2, 0) is 6.54 Å². The van der Waals surface area contributed by atoms with Gasteiger partial charge in [0.15, 0.2) is 0 Å². The second kappa shape index (κ2) is 6.63. The predicted octanol–water partition coefficient (Wildman–Crippen LogP) is 3.62. The zero-order chi connectivity index (χ0) is 16.5. The number of carbonyl (C=O) groups is 1. The zero-order valence-corrected chi connectivity index (χ0v) is 15.2. The summed E-state index contributed by atoms with van der Waals surface area (Å²) in [6.07, 6.45) is 0. The molecule has 4 nitrogen and oxygen atoms in total. The lowest BCUT2D eigenvalue weighted by Gasteiger charge is -2.34. The minimum absolute atomic E-state index is 0.183. The Morgan fingerprint density at radius 2 is 1.96 bits per heavy atom. The molecule has 1 aromatic carbocycles. The molecule has 1 fully saturated rings. The van der Waals surface area contributed by atoms with Gasteiger partial charge in [-0.3, -0.25) is 9.69 Å². The number of hydrogen-bond acceptors (Lipinski definition) is 5. The lowest BCUT2D eigenvalue weighted by molar-refractivity contribution is 0.0632. The topological polar surface area (TPSA) is 36.4 Å². The third-order valence-corrected chi connectivity index (χ3v) is 6.44. The molecule has 0 aliphatic carbocycles. The van der Waals surface area contributed by atoms with Gasteiger partial charge in [-0.2, -0.15) is 0 Å². The molecule has 3 aromatic rings. The van der Waals surface area contributed by atoms with E-state index in [2.05, 4.69) is 23.1 Å². The van der Waals surface area contributed by atoms with Gasteiger partial charge in [-0.05, 0) is 36.1 Å². The highest BCUT2D eigenvalue weighted by molar-refractivity contribution is 7.18. The highest BCUT2D eigenvalue weighted by Crippen LogP contribution is 2.23. The fourth-order valence-corrected chi connectivity index (χ4v) is 4.93. The number of aryl methyl sites for hydroxylation is 1. The van der Waals surface area contributed by atoms with Crippen LogP contribution in [0.1, 0.15) is 20.2 Å². The highest BCUT2D eigenvalue weighted by Gasteiger charge is 2.24. The van der Waals surface area contributed by atoms with Crippen molar-refractivity contribution in [3.63, 3.8) is 0 Å². The van der Waals surface area contributed by atoms with E-state index in [0.29, 0.717) is 0 Å². The van der Waals surface area contributed by atoms with Crippen LogP contribution < -0.4 is 0 Å². The number of hydrogen-bond donors (Lipinski definition) is 0. The largest absolute Gasteiger partial charge is 0.335 e. The first-order valence-electron chi connectivity index (χ1n) is 8.11. The molecule has 0 radical (unpaired) electrons. The van der Waals surface area contributed by atoms with E-state index in [1.54, 1.807) is 22.7 Å². The summed E-state index contributed by atoms with van der Waals surface area (Å²) in [6.45, 7) is 6.28. The standard InChI is InChI=1S/C18H19N3OS2/c1-13-6-11-23-17(13)18(22)21-9-7-20(8-10-21)12-16-19-14-4-2-3-5-15(14)24-16/h2-6,11H,7-10,12H2,1H3. The molecule has 0 saturated carbocycles. The molecular formula is C18H19N3OS2. The maximum Gasteiger partial charge on any atom is 0.264 e. The van der Waals surface area contributed by atoms with Crippen LogP contribution in [0.4, 0.5) is 0 Å². The second-order valence-electron chi connectivity index (χ2n) is 6.08. The van der Waals surface area contributed by atoms with E-state index in [9.17, 15) is 4.79 Å². The van der Waals surface area contributed by atoms with Gasteiger partial charge >= 0.3 is 0 Å². The molecule has 0 N–H and O–H groups in total. The number of carbonyl (C=O) groups excluding carboxylic acids is 1. The Bertz CT molecular complexity index is 829. The van der Waals surface area contributed by atoms with Crippen molar-refractivity contribution in [1.82, 2.24) is 14.8 Å². The molecule has 3 heterocycles. The first kappa shape index (κ1) is 15.7. The molecule has 124 valence electrons. The smallest absolute Gasteiger partial charge is 0.264 e. The first-order valence-corrected chi connectivity index (χ1v) is 9.80. The molecule has 1 aliphatic heterocycles. The fraction of sp³-hybridized carbons (Fsp3) is 0.333. The van der Waals surface area contributed by atoms with Gasteiger partial charge in [0.1, 0.15) is 5.01 Å². The third kappa shape index (κ3) is 3.09. The lowest BCUT2D eigenvalue weighted by atomic mass is 10.2. The maximum atomic E-state index is 12.6. The Kier molecular flexibility index (Phi) is 4.35. The van der Waals surface area contributed by atoms with E-state index in [0.717, 1.165) is 53.7 Å². The number of rotatable bonds is 3. The summed E-state index contributed by atoms with van der Waals surface area (Å²) in [5, 5.41) is 3.15. The summed E-state index contributed by atoms with van der Waals surface area (Å²) in [7, 11) is 0. The molecule has 0 unspecified atom stereocenters. The number of fused-ring (bicyclic) bond motifs is 1. The Hall–Kier alpha value is -1.76. The van der Waals surface area contributed by atoms with E-state index >= 15 is 0 Å². The number of benzene rings is 1. The third-order valence-electron chi connectivity index (χ3n) is 4.41. The monoisotopic (exact) mass is 357 g/mol. The van der Waals surface area contributed by atoms with Crippen LogP contribution in [0.25, 0.3) is 10.2 Å². The maximum absolute atomic E-state index is 12.6. The van der Waals surface area contributed by atoms with Gasteiger partial charge in [-0.1, -0.05) is 12.1 Å². The number of thiophene rings is 1. The summed E-state index contributed by atoms with van der Waals surface area (Å²) < 4.78 is 1.24. The molecule has 4 rings (SSSR count). The minimum Gasteiger partial charge on any atom is -0.335 e. The quantitative estimate of drug-likeness (QED) is 0.718. The summed E-state index contributed by atoms with van der Waals surface area (Å²) in [5.41, 5.74) is 2.17. The van der Waals surface area contributed by atoms with E-state index < -0.39 is 0 Å². The molecule has 1 aliphatic rings. The van der Waals surface area contributed by atoms with Crippen molar-refractivity contribution in [3.8, 4) is 0 Å². The van der Waals surface area contributed by atoms with Crippen molar-refractivity contribution in [2.24, 2.45) is 0 Å². The van der Waals surface area contributed by atoms with Crippen LogP contribution in [0.15, 0.2) is 35.7 Å². The Morgan fingerprint density at radius 1 is 1.17 bits per heavy atom. The van der Waals surface area contributed by atoms with Crippen LogP contribution >= 0.6 is 22.7 Å². The number of piperazine rings is 1. The van der Waals surface area contributed by atoms with E-state index in [1.165, 1.54) is 4.70 Å². The Morgan fingerprint density at radius 3 is 2.67 bits per heavy atom. The SMILES string of the molecule is Cc1ccsc1C(=O)N1CCN(Cc2nc3ccccc3s2)CC1. The average molecular weight is 358 g/mol. The van der Waals surface area contributed by atoms with E-state index in [-0.39, 0.29) is 5.91 Å². The van der Waals surface area contributed by atoms with Crippen molar-refractivity contribution in [3.05, 3.63) is 51.2 Å². The second-order valence-corrected chi connectivity index (χ2v) is 8.11. The molecule has 6 heteroatoms. The zero-order valence-electron chi connectivity index (χ0n) is 13.6. The van der Waals surface area contributed by atoms with Gasteiger partial charge in [0, 0.05) is 26.2 Å². The fourth-order valence-electron chi connectivity index (χ4n) is 3.02. The van der Waals surface area contributed by atoms with Crippen molar-refractivity contribution in [2.75, 3.05) is 26.2 Å². The summed E-state index contributed by atoms with van der Waals surface area (Å²) in [5.74, 6) is 0.183. The van der Waals surface area contributed by atoms with Gasteiger partial charge in [-0.15, -0.1) is 22.7 Å². The molecule has 0 bridgehead atoms. The van der Waals surface area contributed by atoms with Crippen molar-refractivity contribution >= 4 is 38.8 Å². The van der Waals surface area contributed by atoms with Gasteiger partial charge in [0.2, 0.25) is 0 Å². The van der Waals surface area contributed by atoms with E-state index in [1.807, 2.05) is 29.3 Å². The summed E-state index contributed by atoms with van der Waals surface area (Å²) in [6, 6.07) is 10.3. The average Bonchev–Trinajstić information content (AvgIpc) is 3.20. The highest BCUT2D eigenvalue weighted by atomic mass is 32.1. The van der Waals surface area contributed by atoms with E-state index in [4.69, 9.17) is 4.98 Å². The molecule has 0 spiro atoms. The minimum atomic E-state index is 0.183.